The molecule has 0 spiro atoms. The first-order chi connectivity index (χ1) is 13.1. The highest BCUT2D eigenvalue weighted by Crippen LogP contribution is 2.30. The van der Waals surface area contributed by atoms with Crippen LogP contribution in [-0.2, 0) is 0 Å². The third kappa shape index (κ3) is 4.37. The summed E-state index contributed by atoms with van der Waals surface area (Å²) in [5, 5.41) is 9.43. The van der Waals surface area contributed by atoms with Crippen molar-refractivity contribution >= 4 is 23.2 Å². The Morgan fingerprint density at radius 2 is 2.07 bits per heavy atom. The lowest BCUT2D eigenvalue weighted by molar-refractivity contribution is 0.102. The Bertz CT molecular complexity index is 808. The zero-order valence-corrected chi connectivity index (χ0v) is 15.4. The zero-order valence-electron chi connectivity index (χ0n) is 15.4. The van der Waals surface area contributed by atoms with Gasteiger partial charge in [-0.2, -0.15) is 0 Å². The normalized spacial score (nSPS) is 16.4. The summed E-state index contributed by atoms with van der Waals surface area (Å²) in [7, 11) is 3.09. The summed E-state index contributed by atoms with van der Waals surface area (Å²) in [5.74, 6) is 1.24. The number of nitrogens with two attached hydrogens (primary N) is 1. The lowest BCUT2D eigenvalue weighted by Gasteiger charge is -2.25. The van der Waals surface area contributed by atoms with Crippen molar-refractivity contribution in [3.8, 4) is 11.5 Å². The van der Waals surface area contributed by atoms with Gasteiger partial charge in [0.2, 0.25) is 0 Å². The molecule has 144 valence electrons. The van der Waals surface area contributed by atoms with Gasteiger partial charge >= 0.3 is 0 Å². The number of rotatable bonds is 6. The van der Waals surface area contributed by atoms with E-state index >= 15 is 0 Å². The minimum Gasteiger partial charge on any atom is -0.493 e. The van der Waals surface area contributed by atoms with Crippen molar-refractivity contribution in [1.29, 1.82) is 0 Å². The smallest absolute Gasteiger partial charge is 0.263 e. The molecule has 5 N–H and O–H groups in total. The molecule has 9 heteroatoms. The van der Waals surface area contributed by atoms with Gasteiger partial charge in [-0.15, -0.1) is 0 Å². The molecule has 9 nitrogen and oxygen atoms in total. The van der Waals surface area contributed by atoms with Crippen LogP contribution in [0.4, 0.5) is 17.3 Å². The fourth-order valence-corrected chi connectivity index (χ4v) is 3.01. The second kappa shape index (κ2) is 8.54. The van der Waals surface area contributed by atoms with Gasteiger partial charge in [0.05, 0.1) is 14.2 Å². The predicted molar refractivity (Wildman–Crippen MR) is 103 cm³/mol. The number of hydrogen-bond acceptors (Lipinski definition) is 8. The Balaban J connectivity index is 1.81. The van der Waals surface area contributed by atoms with E-state index in [0.717, 1.165) is 25.9 Å². The lowest BCUT2D eigenvalue weighted by atomic mass is 10.1. The number of carbonyl (C=O) groups is 1. The van der Waals surface area contributed by atoms with Gasteiger partial charge < -0.3 is 31.2 Å². The largest absolute Gasteiger partial charge is 0.493 e. The monoisotopic (exact) mass is 372 g/mol. The van der Waals surface area contributed by atoms with Crippen molar-refractivity contribution in [2.45, 2.75) is 18.9 Å². The maximum Gasteiger partial charge on any atom is 0.263 e. The second-order valence-electron chi connectivity index (χ2n) is 6.19. The van der Waals surface area contributed by atoms with E-state index in [1.54, 1.807) is 25.3 Å². The molecule has 0 radical (unpaired) electrons. The fraction of sp³-hybridized carbons (Fsp3) is 0.389. The Kier molecular flexibility index (Phi) is 5.92. The number of anilines is 3. The maximum absolute atomic E-state index is 12.9. The van der Waals surface area contributed by atoms with Crippen molar-refractivity contribution in [3.05, 3.63) is 30.1 Å². The molecule has 1 saturated heterocycles. The van der Waals surface area contributed by atoms with Gasteiger partial charge in [0.1, 0.15) is 23.5 Å². The number of ether oxygens (including phenoxy) is 2. The van der Waals surface area contributed by atoms with Crippen LogP contribution in [0.25, 0.3) is 0 Å². The molecule has 1 atom stereocenters. The number of aromatic nitrogens is 2. The average molecular weight is 372 g/mol. The standard InChI is InChI=1S/C18H24N6O3/c1-26-13-6-5-11(8-14(13)27-2)24-18(25)15-16(19)21-10-22-17(15)23-12-4-3-7-20-9-12/h5-6,8,10,12,20H,3-4,7,9H2,1-2H3,(H,24,25)(H3,19,21,22,23)/t12-/m1/s1. The van der Waals surface area contributed by atoms with E-state index in [4.69, 9.17) is 15.2 Å². The first-order valence-electron chi connectivity index (χ1n) is 8.73. The number of nitrogens with zero attached hydrogens (tertiary/aromatic N) is 2. The summed E-state index contributed by atoms with van der Waals surface area (Å²) in [5.41, 5.74) is 6.74. The minimum atomic E-state index is -0.397. The van der Waals surface area contributed by atoms with Gasteiger partial charge in [-0.25, -0.2) is 9.97 Å². The first-order valence-corrected chi connectivity index (χ1v) is 8.73. The van der Waals surface area contributed by atoms with Gasteiger partial charge in [-0.1, -0.05) is 0 Å². The Morgan fingerprint density at radius 1 is 1.26 bits per heavy atom. The molecular weight excluding hydrogens is 348 g/mol. The van der Waals surface area contributed by atoms with Crippen LogP contribution in [0.5, 0.6) is 11.5 Å². The maximum atomic E-state index is 12.9. The fourth-order valence-electron chi connectivity index (χ4n) is 3.01. The Hall–Kier alpha value is -3.07. The summed E-state index contributed by atoms with van der Waals surface area (Å²) in [6, 6.07) is 5.29. The summed E-state index contributed by atoms with van der Waals surface area (Å²) >= 11 is 0. The molecule has 1 aromatic heterocycles. The van der Waals surface area contributed by atoms with Gasteiger partial charge in [0, 0.05) is 24.3 Å². The number of piperidine rings is 1. The van der Waals surface area contributed by atoms with E-state index in [9.17, 15) is 4.79 Å². The molecule has 1 aliphatic rings. The van der Waals surface area contributed by atoms with Crippen LogP contribution in [0.1, 0.15) is 23.2 Å². The van der Waals surface area contributed by atoms with Crippen molar-refractivity contribution in [3.63, 3.8) is 0 Å². The number of hydrogen-bond donors (Lipinski definition) is 4. The number of methoxy groups -OCH3 is 2. The van der Waals surface area contributed by atoms with Gasteiger partial charge in [0.15, 0.2) is 11.5 Å². The van der Waals surface area contributed by atoms with Crippen molar-refractivity contribution in [2.75, 3.05) is 43.7 Å². The van der Waals surface area contributed by atoms with E-state index in [0.29, 0.717) is 23.0 Å². The third-order valence-electron chi connectivity index (χ3n) is 4.38. The molecule has 0 aliphatic carbocycles. The van der Waals surface area contributed by atoms with Crippen LogP contribution in [0.3, 0.4) is 0 Å². The SMILES string of the molecule is COc1ccc(NC(=O)c2c(N)ncnc2N[C@@H]2CCCNC2)cc1OC. The molecule has 1 aromatic carbocycles. The molecule has 0 bridgehead atoms. The number of carbonyl (C=O) groups excluding carboxylic acids is 1. The highest BCUT2D eigenvalue weighted by atomic mass is 16.5. The van der Waals surface area contributed by atoms with Crippen LogP contribution in [0.2, 0.25) is 0 Å². The lowest BCUT2D eigenvalue weighted by Crippen LogP contribution is -2.39. The van der Waals surface area contributed by atoms with Gasteiger partial charge in [0.25, 0.3) is 5.91 Å². The van der Waals surface area contributed by atoms with Crippen molar-refractivity contribution in [2.24, 2.45) is 0 Å². The van der Waals surface area contributed by atoms with E-state index in [1.165, 1.54) is 13.4 Å². The summed E-state index contributed by atoms with van der Waals surface area (Å²) in [6.07, 6.45) is 3.40. The molecule has 1 amide bonds. The van der Waals surface area contributed by atoms with Crippen molar-refractivity contribution in [1.82, 2.24) is 15.3 Å². The molecule has 2 aromatic rings. The molecular formula is C18H24N6O3. The average Bonchev–Trinajstić information content (AvgIpc) is 2.68. The molecule has 27 heavy (non-hydrogen) atoms. The predicted octanol–water partition coefficient (Wildman–Crippen LogP) is 1.49. The molecule has 1 aliphatic heterocycles. The van der Waals surface area contributed by atoms with E-state index in [2.05, 4.69) is 25.9 Å². The third-order valence-corrected chi connectivity index (χ3v) is 4.38. The van der Waals surface area contributed by atoms with E-state index < -0.39 is 5.91 Å². The van der Waals surface area contributed by atoms with Crippen LogP contribution in [0, 0.1) is 0 Å². The zero-order chi connectivity index (χ0) is 19.2. The summed E-state index contributed by atoms with van der Waals surface area (Å²) in [6.45, 7) is 1.80. The molecule has 0 unspecified atom stereocenters. The van der Waals surface area contributed by atoms with Crippen LogP contribution >= 0.6 is 0 Å². The number of amides is 1. The van der Waals surface area contributed by atoms with Crippen LogP contribution in [0.15, 0.2) is 24.5 Å². The molecule has 2 heterocycles. The van der Waals surface area contributed by atoms with Crippen LogP contribution in [-0.4, -0.2) is 49.2 Å². The Morgan fingerprint density at radius 3 is 2.78 bits per heavy atom. The van der Waals surface area contributed by atoms with Gasteiger partial charge in [-0.3, -0.25) is 4.79 Å². The second-order valence-corrected chi connectivity index (χ2v) is 6.19. The number of benzene rings is 1. The quantitative estimate of drug-likeness (QED) is 0.601. The highest BCUT2D eigenvalue weighted by molar-refractivity contribution is 6.10. The summed E-state index contributed by atoms with van der Waals surface area (Å²) in [4.78, 5) is 21.0. The number of nitrogen functional groups attached to an aromatic ring is 1. The van der Waals surface area contributed by atoms with Crippen molar-refractivity contribution < 1.29 is 14.3 Å². The first kappa shape index (κ1) is 18.7. The molecule has 0 saturated carbocycles. The molecule has 3 rings (SSSR count). The van der Waals surface area contributed by atoms with Crippen LogP contribution < -0.4 is 31.2 Å². The Labute approximate surface area is 157 Å². The summed E-state index contributed by atoms with van der Waals surface area (Å²) < 4.78 is 10.5. The highest BCUT2D eigenvalue weighted by Gasteiger charge is 2.21. The van der Waals surface area contributed by atoms with E-state index in [-0.39, 0.29) is 17.4 Å². The van der Waals surface area contributed by atoms with E-state index in [1.807, 2.05) is 0 Å². The minimum absolute atomic E-state index is 0.120. The van der Waals surface area contributed by atoms with Gasteiger partial charge in [-0.05, 0) is 31.5 Å². The topological polar surface area (TPSA) is 123 Å². The number of nitrogens with one attached hydrogen (secondary N) is 3. The molecule has 1 fully saturated rings.